The molecule has 1 aromatic heterocycles. The van der Waals surface area contributed by atoms with E-state index in [1.54, 1.807) is 10.6 Å². The molecule has 2 saturated heterocycles. The van der Waals surface area contributed by atoms with E-state index in [4.69, 9.17) is 4.74 Å². The number of sulfonamides is 1. The van der Waals surface area contributed by atoms with Crippen LogP contribution in [0.2, 0.25) is 0 Å². The molecule has 2 fully saturated rings. The van der Waals surface area contributed by atoms with Gasteiger partial charge in [-0.1, -0.05) is 29.8 Å². The summed E-state index contributed by atoms with van der Waals surface area (Å²) in [6, 6.07) is 9.67. The maximum absolute atomic E-state index is 12.8. The summed E-state index contributed by atoms with van der Waals surface area (Å²) in [5.74, 6) is 1.79. The van der Waals surface area contributed by atoms with Gasteiger partial charge in [-0.25, -0.2) is 18.4 Å². The first-order valence-electron chi connectivity index (χ1n) is 9.94. The van der Waals surface area contributed by atoms with Gasteiger partial charge in [0.2, 0.25) is 10.0 Å². The first-order valence-corrected chi connectivity index (χ1v) is 11.6. The van der Waals surface area contributed by atoms with E-state index in [-0.39, 0.29) is 5.75 Å². The molecule has 2 aliphatic rings. The average molecular weight is 418 g/mol. The number of ether oxygens (including phenoxy) is 1. The van der Waals surface area contributed by atoms with E-state index < -0.39 is 10.0 Å². The second-order valence-electron chi connectivity index (χ2n) is 7.47. The predicted molar refractivity (Wildman–Crippen MR) is 113 cm³/mol. The van der Waals surface area contributed by atoms with Crippen LogP contribution in [-0.2, 0) is 20.5 Å². The molecule has 0 spiro atoms. The third-order valence-electron chi connectivity index (χ3n) is 5.36. The fraction of sp³-hybridized carbons (Fsp3) is 0.500. The van der Waals surface area contributed by atoms with E-state index in [0.29, 0.717) is 39.4 Å². The van der Waals surface area contributed by atoms with Crippen molar-refractivity contribution in [2.45, 2.75) is 12.7 Å². The molecule has 1 aromatic carbocycles. The van der Waals surface area contributed by atoms with Gasteiger partial charge in [0.1, 0.15) is 18.0 Å². The minimum atomic E-state index is -3.33. The number of benzene rings is 1. The molecule has 29 heavy (non-hydrogen) atoms. The topological polar surface area (TPSA) is 78.9 Å². The number of hydrogen-bond acceptors (Lipinski definition) is 7. The molecule has 0 saturated carbocycles. The van der Waals surface area contributed by atoms with Crippen molar-refractivity contribution in [2.75, 3.05) is 62.3 Å². The van der Waals surface area contributed by atoms with E-state index in [2.05, 4.69) is 19.8 Å². The molecule has 0 unspecified atom stereocenters. The molecule has 9 heteroatoms. The van der Waals surface area contributed by atoms with Crippen molar-refractivity contribution in [2.24, 2.45) is 0 Å². The Hall–Kier alpha value is -2.23. The lowest BCUT2D eigenvalue weighted by atomic mass is 10.2. The average Bonchev–Trinajstić information content (AvgIpc) is 2.74. The van der Waals surface area contributed by atoms with Crippen LogP contribution in [0.4, 0.5) is 11.6 Å². The van der Waals surface area contributed by atoms with Crippen molar-refractivity contribution in [1.82, 2.24) is 14.3 Å². The third-order valence-corrected chi connectivity index (χ3v) is 7.21. The summed E-state index contributed by atoms with van der Waals surface area (Å²) in [5.41, 5.74) is 1.90. The monoisotopic (exact) mass is 417 g/mol. The van der Waals surface area contributed by atoms with Crippen LogP contribution in [0.25, 0.3) is 0 Å². The van der Waals surface area contributed by atoms with E-state index >= 15 is 0 Å². The summed E-state index contributed by atoms with van der Waals surface area (Å²) in [6.45, 7) is 7.19. The Morgan fingerprint density at radius 2 is 1.59 bits per heavy atom. The molecule has 0 amide bonds. The van der Waals surface area contributed by atoms with E-state index in [1.807, 2.05) is 37.3 Å². The molecular formula is C20H27N5O3S. The molecule has 0 bridgehead atoms. The number of piperazine rings is 1. The Morgan fingerprint density at radius 3 is 2.24 bits per heavy atom. The zero-order valence-corrected chi connectivity index (χ0v) is 17.5. The molecule has 3 heterocycles. The standard InChI is InChI=1S/C20H27N5O3S/c1-17-3-2-4-18(13-17)15-29(26,27)25-7-5-23(6-8-25)19-14-20(22-16-21-19)24-9-11-28-12-10-24/h2-4,13-14,16H,5-12,15H2,1H3. The van der Waals surface area contributed by atoms with Crippen LogP contribution >= 0.6 is 0 Å². The Balaban J connectivity index is 1.39. The van der Waals surface area contributed by atoms with Gasteiger partial charge in [-0.15, -0.1) is 0 Å². The van der Waals surface area contributed by atoms with Gasteiger partial charge in [0.25, 0.3) is 0 Å². The first kappa shape index (κ1) is 20.1. The van der Waals surface area contributed by atoms with Crippen molar-refractivity contribution in [3.05, 3.63) is 47.8 Å². The molecule has 2 aromatic rings. The number of rotatable bonds is 5. The van der Waals surface area contributed by atoms with Crippen molar-refractivity contribution < 1.29 is 13.2 Å². The Kier molecular flexibility index (Phi) is 5.98. The molecule has 8 nitrogen and oxygen atoms in total. The molecular weight excluding hydrogens is 390 g/mol. The molecule has 0 radical (unpaired) electrons. The number of aryl methyl sites for hydroxylation is 1. The lowest BCUT2D eigenvalue weighted by Gasteiger charge is -2.35. The molecule has 156 valence electrons. The summed E-state index contributed by atoms with van der Waals surface area (Å²) < 4.78 is 32.7. The quantitative estimate of drug-likeness (QED) is 0.725. The zero-order chi connectivity index (χ0) is 20.3. The van der Waals surface area contributed by atoms with Crippen molar-refractivity contribution in [3.63, 3.8) is 0 Å². The molecule has 0 aliphatic carbocycles. The number of hydrogen-bond donors (Lipinski definition) is 0. The van der Waals surface area contributed by atoms with Gasteiger partial charge in [0.15, 0.2) is 0 Å². The van der Waals surface area contributed by atoms with Gasteiger partial charge in [0, 0.05) is 45.3 Å². The minimum absolute atomic E-state index is 0.0450. The van der Waals surface area contributed by atoms with Crippen LogP contribution in [0.3, 0.4) is 0 Å². The van der Waals surface area contributed by atoms with Crippen LogP contribution < -0.4 is 9.80 Å². The van der Waals surface area contributed by atoms with E-state index in [0.717, 1.165) is 35.9 Å². The first-order chi connectivity index (χ1) is 14.0. The van der Waals surface area contributed by atoms with Crippen LogP contribution in [-0.4, -0.2) is 75.2 Å². The fourth-order valence-corrected chi connectivity index (χ4v) is 5.28. The highest BCUT2D eigenvalue weighted by Gasteiger charge is 2.28. The SMILES string of the molecule is Cc1cccc(CS(=O)(=O)N2CCN(c3cc(N4CCOCC4)ncn3)CC2)c1. The van der Waals surface area contributed by atoms with Gasteiger partial charge in [-0.05, 0) is 12.5 Å². The van der Waals surface area contributed by atoms with Gasteiger partial charge >= 0.3 is 0 Å². The number of aromatic nitrogens is 2. The Bertz CT molecular complexity index is 939. The highest BCUT2D eigenvalue weighted by Crippen LogP contribution is 2.21. The summed E-state index contributed by atoms with van der Waals surface area (Å²) >= 11 is 0. The maximum Gasteiger partial charge on any atom is 0.218 e. The van der Waals surface area contributed by atoms with Gasteiger partial charge < -0.3 is 14.5 Å². The summed E-state index contributed by atoms with van der Waals surface area (Å²) in [6.07, 6.45) is 1.58. The van der Waals surface area contributed by atoms with Crippen LogP contribution in [0.5, 0.6) is 0 Å². The zero-order valence-electron chi connectivity index (χ0n) is 16.7. The number of morpholine rings is 1. The fourth-order valence-electron chi connectivity index (χ4n) is 3.77. The lowest BCUT2D eigenvalue weighted by molar-refractivity contribution is 0.122. The molecule has 0 atom stereocenters. The second-order valence-corrected chi connectivity index (χ2v) is 9.43. The van der Waals surface area contributed by atoms with Gasteiger partial charge in [-0.3, -0.25) is 0 Å². The van der Waals surface area contributed by atoms with Crippen LogP contribution in [0.15, 0.2) is 36.7 Å². The second kappa shape index (κ2) is 8.64. The molecule has 2 aliphatic heterocycles. The lowest BCUT2D eigenvalue weighted by Crippen LogP contribution is -2.49. The van der Waals surface area contributed by atoms with Crippen molar-refractivity contribution in [3.8, 4) is 0 Å². The summed E-state index contributed by atoms with van der Waals surface area (Å²) in [4.78, 5) is 13.1. The summed E-state index contributed by atoms with van der Waals surface area (Å²) in [7, 11) is -3.33. The Morgan fingerprint density at radius 1 is 0.931 bits per heavy atom. The van der Waals surface area contributed by atoms with Crippen LogP contribution in [0.1, 0.15) is 11.1 Å². The van der Waals surface area contributed by atoms with Crippen molar-refractivity contribution in [1.29, 1.82) is 0 Å². The summed E-state index contributed by atoms with van der Waals surface area (Å²) in [5, 5.41) is 0. The molecule has 4 rings (SSSR count). The van der Waals surface area contributed by atoms with Gasteiger partial charge in [0.05, 0.1) is 19.0 Å². The third kappa shape index (κ3) is 4.85. The highest BCUT2D eigenvalue weighted by molar-refractivity contribution is 7.88. The maximum atomic E-state index is 12.8. The normalized spacial score (nSPS) is 18.8. The van der Waals surface area contributed by atoms with E-state index in [1.165, 1.54) is 0 Å². The van der Waals surface area contributed by atoms with Crippen LogP contribution in [0, 0.1) is 6.92 Å². The predicted octanol–water partition coefficient (Wildman–Crippen LogP) is 1.27. The number of nitrogens with zero attached hydrogens (tertiary/aromatic N) is 5. The van der Waals surface area contributed by atoms with E-state index in [9.17, 15) is 8.42 Å². The highest BCUT2D eigenvalue weighted by atomic mass is 32.2. The largest absolute Gasteiger partial charge is 0.378 e. The van der Waals surface area contributed by atoms with Crippen molar-refractivity contribution >= 4 is 21.7 Å². The Labute approximate surface area is 172 Å². The van der Waals surface area contributed by atoms with Gasteiger partial charge in [-0.2, -0.15) is 4.31 Å². The molecule has 0 N–H and O–H groups in total. The smallest absolute Gasteiger partial charge is 0.218 e. The number of anilines is 2. The minimum Gasteiger partial charge on any atom is -0.378 e.